The molecule has 0 aliphatic heterocycles. The number of H-pyrrole nitrogens is 1. The normalized spacial score (nSPS) is 12.3. The summed E-state index contributed by atoms with van der Waals surface area (Å²) in [7, 11) is -4.67. The smallest absolute Gasteiger partial charge is 0.175 e. The molecule has 8 nitrogen and oxygen atoms in total. The highest BCUT2D eigenvalue weighted by Gasteiger charge is 2.09. The maximum Gasteiger partial charge on any atom is 0.175 e. The van der Waals surface area contributed by atoms with Gasteiger partial charge in [-0.15, -0.1) is 6.58 Å². The molecule has 0 aliphatic carbocycles. The maximum absolute atomic E-state index is 12.6. The molecule has 10 heteroatoms. The summed E-state index contributed by atoms with van der Waals surface area (Å²) in [5, 5.41) is 4.10. The SMILES string of the molecule is C/C=C(\C)N/N=C/c1nc2ccc(S(=O)NCc3ccc(S(C)(=O)=O)cc3)cc2[nH]1.C=CC.CC. The molecule has 190 valence electrons. The molecule has 3 aromatic rings. The van der Waals surface area contributed by atoms with Gasteiger partial charge in [-0.25, -0.2) is 22.3 Å². The second-order valence-corrected chi connectivity index (χ2v) is 10.4. The van der Waals surface area contributed by atoms with E-state index in [1.54, 1.807) is 54.8 Å². The van der Waals surface area contributed by atoms with Crippen LogP contribution in [0.15, 0.2) is 81.8 Å². The van der Waals surface area contributed by atoms with E-state index in [1.165, 1.54) is 0 Å². The second-order valence-electron chi connectivity index (χ2n) is 7.06. The number of rotatable bonds is 8. The van der Waals surface area contributed by atoms with E-state index in [4.69, 9.17) is 0 Å². The fourth-order valence-corrected chi connectivity index (χ4v) is 4.04. The van der Waals surface area contributed by atoms with Crippen LogP contribution in [0.25, 0.3) is 11.0 Å². The largest absolute Gasteiger partial charge is 0.337 e. The van der Waals surface area contributed by atoms with E-state index in [0.29, 0.717) is 17.3 Å². The molecule has 0 fully saturated rings. The van der Waals surface area contributed by atoms with Crippen molar-refractivity contribution in [2.24, 2.45) is 5.10 Å². The Balaban J connectivity index is 0.00000114. The minimum atomic E-state index is -3.23. The van der Waals surface area contributed by atoms with Crippen LogP contribution in [0, 0.1) is 0 Å². The lowest BCUT2D eigenvalue weighted by molar-refractivity contribution is 0.602. The van der Waals surface area contributed by atoms with Crippen LogP contribution >= 0.6 is 0 Å². The van der Waals surface area contributed by atoms with Gasteiger partial charge in [0, 0.05) is 18.5 Å². The van der Waals surface area contributed by atoms with Crippen LogP contribution in [0.1, 0.15) is 46.0 Å². The van der Waals surface area contributed by atoms with Gasteiger partial charge in [0.25, 0.3) is 0 Å². The number of benzene rings is 2. The summed E-state index contributed by atoms with van der Waals surface area (Å²) >= 11 is 0. The Kier molecular flexibility index (Phi) is 12.9. The monoisotopic (exact) mass is 517 g/mol. The number of aromatic nitrogens is 2. The number of allylic oxidation sites excluding steroid dienone is 3. The van der Waals surface area contributed by atoms with Crippen molar-refractivity contribution < 1.29 is 12.6 Å². The molecule has 1 atom stereocenters. The first-order valence-electron chi connectivity index (χ1n) is 11.1. The average molecular weight is 518 g/mol. The van der Waals surface area contributed by atoms with Crippen molar-refractivity contribution in [2.75, 3.05) is 6.26 Å². The van der Waals surface area contributed by atoms with Crippen molar-refractivity contribution in [2.45, 2.75) is 51.0 Å². The Morgan fingerprint density at radius 2 is 1.80 bits per heavy atom. The lowest BCUT2D eigenvalue weighted by atomic mass is 10.2. The van der Waals surface area contributed by atoms with Gasteiger partial charge in [0.05, 0.1) is 27.0 Å². The van der Waals surface area contributed by atoms with E-state index in [9.17, 15) is 12.6 Å². The lowest BCUT2D eigenvalue weighted by Crippen LogP contribution is -2.16. The fraction of sp³-hybridized carbons (Fsp3) is 0.280. The van der Waals surface area contributed by atoms with Crippen LogP contribution in [0.2, 0.25) is 0 Å². The van der Waals surface area contributed by atoms with E-state index in [1.807, 2.05) is 40.7 Å². The third kappa shape index (κ3) is 9.97. The number of imidazole rings is 1. The summed E-state index contributed by atoms with van der Waals surface area (Å²) < 4.78 is 38.6. The number of fused-ring (bicyclic) bond motifs is 1. The molecule has 2 aromatic carbocycles. The first-order valence-corrected chi connectivity index (χ1v) is 14.1. The van der Waals surface area contributed by atoms with Gasteiger partial charge >= 0.3 is 0 Å². The number of aromatic amines is 1. The van der Waals surface area contributed by atoms with Gasteiger partial charge in [-0.2, -0.15) is 5.10 Å². The molecule has 0 bridgehead atoms. The van der Waals surface area contributed by atoms with Crippen LogP contribution in [-0.4, -0.2) is 35.1 Å². The summed E-state index contributed by atoms with van der Waals surface area (Å²) in [5.74, 6) is 0.586. The van der Waals surface area contributed by atoms with Crippen LogP contribution in [0.5, 0.6) is 0 Å². The zero-order valence-corrected chi connectivity index (χ0v) is 22.8. The third-order valence-corrected chi connectivity index (χ3v) is 6.52. The Labute approximate surface area is 211 Å². The number of sulfone groups is 1. The van der Waals surface area contributed by atoms with Crippen LogP contribution in [-0.2, 0) is 27.4 Å². The zero-order chi connectivity index (χ0) is 26.4. The quantitative estimate of drug-likeness (QED) is 0.224. The summed E-state index contributed by atoms with van der Waals surface area (Å²) in [4.78, 5) is 8.42. The first kappa shape index (κ1) is 30.0. The van der Waals surface area contributed by atoms with Crippen LogP contribution in [0.3, 0.4) is 0 Å². The summed E-state index contributed by atoms with van der Waals surface area (Å²) in [6.07, 6.45) is 6.41. The molecule has 0 radical (unpaired) electrons. The molecule has 3 N–H and O–H groups in total. The Morgan fingerprint density at radius 1 is 1.17 bits per heavy atom. The Hall–Kier alpha value is -3.08. The minimum Gasteiger partial charge on any atom is -0.337 e. The topological polar surface area (TPSA) is 116 Å². The molecule has 35 heavy (non-hydrogen) atoms. The van der Waals surface area contributed by atoms with E-state index in [2.05, 4.69) is 31.8 Å². The number of nitrogens with one attached hydrogen (secondary N) is 3. The van der Waals surface area contributed by atoms with Crippen LogP contribution < -0.4 is 10.1 Å². The van der Waals surface area contributed by atoms with Crippen molar-refractivity contribution in [3.63, 3.8) is 0 Å². The van der Waals surface area contributed by atoms with Crippen LogP contribution in [0.4, 0.5) is 0 Å². The molecule has 0 saturated heterocycles. The highest BCUT2D eigenvalue weighted by molar-refractivity contribution is 7.90. The number of hydrogen-bond donors (Lipinski definition) is 3. The molecule has 0 spiro atoms. The molecule has 0 aliphatic rings. The third-order valence-electron chi connectivity index (χ3n) is 4.31. The van der Waals surface area contributed by atoms with Gasteiger partial charge in [0.15, 0.2) is 15.7 Å². The van der Waals surface area contributed by atoms with Crippen molar-refractivity contribution in [3.8, 4) is 0 Å². The van der Waals surface area contributed by atoms with E-state index >= 15 is 0 Å². The summed E-state index contributed by atoms with van der Waals surface area (Å²) in [6.45, 7) is 13.4. The molecule has 3 rings (SSSR count). The highest BCUT2D eigenvalue weighted by atomic mass is 32.2. The van der Waals surface area contributed by atoms with Crippen molar-refractivity contribution in [1.82, 2.24) is 20.1 Å². The molecule has 0 amide bonds. The molecule has 1 aromatic heterocycles. The molecular weight excluding hydrogens is 482 g/mol. The standard InChI is InChI=1S/C20H23N5O3S2.C3H6.C2H6/c1-4-14(2)25-21-13-20-23-18-10-7-16(11-19(18)24-20)29(26)22-12-15-5-8-17(9-6-15)30(3,27)28;1-3-2;1-2/h4-11,13,22,25H,12H2,1-3H3,(H,23,24);3H,1H2,2H3;1-2H3/b14-4+,21-13+;;. The van der Waals surface area contributed by atoms with Crippen molar-refractivity contribution in [3.05, 3.63) is 78.3 Å². The Bertz CT molecular complexity index is 1280. The lowest BCUT2D eigenvalue weighted by Gasteiger charge is -2.06. The number of nitrogens with zero attached hydrogens (tertiary/aromatic N) is 2. The number of hydrazone groups is 1. The van der Waals surface area contributed by atoms with E-state index < -0.39 is 20.8 Å². The predicted octanol–water partition coefficient (Wildman–Crippen LogP) is 4.84. The Morgan fingerprint density at radius 3 is 2.37 bits per heavy atom. The van der Waals surface area contributed by atoms with Gasteiger partial charge in [-0.1, -0.05) is 38.1 Å². The molecule has 1 heterocycles. The van der Waals surface area contributed by atoms with E-state index in [-0.39, 0.29) is 4.90 Å². The van der Waals surface area contributed by atoms with Gasteiger partial charge in [-0.05, 0) is 56.7 Å². The van der Waals surface area contributed by atoms with E-state index in [0.717, 1.165) is 28.5 Å². The van der Waals surface area contributed by atoms with Gasteiger partial charge in [0.2, 0.25) is 0 Å². The second kappa shape index (κ2) is 15.0. The molecular formula is C25H35N5O3S2. The molecule has 1 unspecified atom stereocenters. The molecule has 0 saturated carbocycles. The average Bonchev–Trinajstić information content (AvgIpc) is 3.26. The number of hydrogen-bond acceptors (Lipinski definition) is 6. The summed E-state index contributed by atoms with van der Waals surface area (Å²) in [5.41, 5.74) is 6.14. The van der Waals surface area contributed by atoms with Gasteiger partial charge in [-0.3, -0.25) is 5.43 Å². The van der Waals surface area contributed by atoms with Crippen molar-refractivity contribution >= 4 is 38.1 Å². The zero-order valence-electron chi connectivity index (χ0n) is 21.1. The summed E-state index contributed by atoms with van der Waals surface area (Å²) in [6, 6.07) is 11.8. The maximum atomic E-state index is 12.6. The highest BCUT2D eigenvalue weighted by Crippen LogP contribution is 2.16. The fourth-order valence-electron chi connectivity index (χ4n) is 2.53. The van der Waals surface area contributed by atoms with Crippen molar-refractivity contribution in [1.29, 1.82) is 0 Å². The first-order chi connectivity index (χ1) is 16.7. The van der Waals surface area contributed by atoms with Gasteiger partial charge in [0.1, 0.15) is 11.0 Å². The predicted molar refractivity (Wildman–Crippen MR) is 146 cm³/mol. The minimum absolute atomic E-state index is 0.257. The van der Waals surface area contributed by atoms with Gasteiger partial charge < -0.3 is 4.98 Å².